The van der Waals surface area contributed by atoms with Crippen molar-refractivity contribution in [3.05, 3.63) is 36.0 Å². The monoisotopic (exact) mass is 225 g/mol. The van der Waals surface area contributed by atoms with Gasteiger partial charge in [-0.1, -0.05) is 12.1 Å². The van der Waals surface area contributed by atoms with Crippen LogP contribution in [0.5, 0.6) is 0 Å². The van der Waals surface area contributed by atoms with E-state index in [1.54, 1.807) is 0 Å². The summed E-state index contributed by atoms with van der Waals surface area (Å²) in [6.07, 6.45) is 7.08. The van der Waals surface area contributed by atoms with Crippen LogP contribution in [-0.4, -0.2) is 22.5 Å². The van der Waals surface area contributed by atoms with Gasteiger partial charge in [0.2, 0.25) is 0 Å². The zero-order valence-corrected chi connectivity index (χ0v) is 9.93. The van der Waals surface area contributed by atoms with Gasteiger partial charge >= 0.3 is 0 Å². The summed E-state index contributed by atoms with van der Waals surface area (Å²) in [5.74, 6) is 0. The maximum Gasteiger partial charge on any atom is 0.0682 e. The topological polar surface area (TPSA) is 30.2 Å². The lowest BCUT2D eigenvalue weighted by atomic mass is 10.0. The Hall–Kier alpha value is -1.90. The molecule has 0 saturated heterocycles. The summed E-state index contributed by atoms with van der Waals surface area (Å²) in [5.41, 5.74) is 3.87. The zero-order valence-electron chi connectivity index (χ0n) is 9.93. The molecule has 0 saturated carbocycles. The normalized spacial score (nSPS) is 15.2. The molecule has 86 valence electrons. The molecule has 1 aromatic carbocycles. The van der Waals surface area contributed by atoms with Gasteiger partial charge in [0.15, 0.2) is 0 Å². The fourth-order valence-electron chi connectivity index (χ4n) is 2.26. The molecule has 3 heteroatoms. The molecule has 0 N–H and O–H groups in total. The minimum atomic E-state index is 0.807. The fraction of sp³-hybridized carbons (Fsp3) is 0.286. The number of hydrogen-bond donors (Lipinski definition) is 0. The van der Waals surface area contributed by atoms with Crippen LogP contribution in [0, 0.1) is 0 Å². The Morgan fingerprint density at radius 3 is 3.06 bits per heavy atom. The number of aliphatic imine (C=N–C) groups is 1. The first kappa shape index (κ1) is 10.3. The molecular formula is C14H15N3. The number of fused-ring (bicyclic) bond motifs is 1. The molecule has 1 aromatic heterocycles. The highest BCUT2D eigenvalue weighted by molar-refractivity contribution is 5.87. The van der Waals surface area contributed by atoms with Crippen LogP contribution in [0.1, 0.15) is 18.9 Å². The summed E-state index contributed by atoms with van der Waals surface area (Å²) in [6.45, 7) is 3.83. The molecule has 0 spiro atoms. The van der Waals surface area contributed by atoms with Gasteiger partial charge in [-0.15, -0.1) is 0 Å². The van der Waals surface area contributed by atoms with Crippen molar-refractivity contribution in [1.82, 2.24) is 9.78 Å². The molecule has 0 radical (unpaired) electrons. The van der Waals surface area contributed by atoms with Gasteiger partial charge < -0.3 is 0 Å². The number of aromatic nitrogens is 2. The third-order valence-electron chi connectivity index (χ3n) is 3.20. The highest BCUT2D eigenvalue weighted by atomic mass is 15.3. The minimum absolute atomic E-state index is 0.807. The first-order valence-electron chi connectivity index (χ1n) is 6.02. The van der Waals surface area contributed by atoms with Crippen molar-refractivity contribution in [2.45, 2.75) is 19.9 Å². The third kappa shape index (κ3) is 1.78. The Kier molecular flexibility index (Phi) is 2.52. The Bertz CT molecular complexity index is 605. The highest BCUT2D eigenvalue weighted by Crippen LogP contribution is 2.24. The number of dihydropyridines is 1. The Balaban J connectivity index is 2.05. The second-order valence-corrected chi connectivity index (χ2v) is 4.22. The highest BCUT2D eigenvalue weighted by Gasteiger charge is 2.06. The summed E-state index contributed by atoms with van der Waals surface area (Å²) < 4.78 is 2.02. The summed E-state index contributed by atoms with van der Waals surface area (Å²) in [7, 11) is 0. The Labute approximate surface area is 100 Å². The minimum Gasteiger partial charge on any atom is -0.293 e. The average molecular weight is 225 g/mol. The lowest BCUT2D eigenvalue weighted by Crippen LogP contribution is -1.96. The van der Waals surface area contributed by atoms with Crippen LogP contribution in [-0.2, 0) is 6.54 Å². The zero-order chi connectivity index (χ0) is 11.7. The SMILES string of the molecule is CCn1ncc2cc(C3=CCN=CC3)ccc21. The van der Waals surface area contributed by atoms with Crippen molar-refractivity contribution in [2.24, 2.45) is 4.99 Å². The van der Waals surface area contributed by atoms with Crippen LogP contribution in [0.3, 0.4) is 0 Å². The average Bonchev–Trinajstić information content (AvgIpc) is 2.81. The predicted molar refractivity (Wildman–Crippen MR) is 71.4 cm³/mol. The first-order valence-corrected chi connectivity index (χ1v) is 6.02. The predicted octanol–water partition coefficient (Wildman–Crippen LogP) is 2.91. The van der Waals surface area contributed by atoms with E-state index in [0.29, 0.717) is 0 Å². The fourth-order valence-corrected chi connectivity index (χ4v) is 2.26. The maximum atomic E-state index is 4.37. The van der Waals surface area contributed by atoms with Crippen molar-refractivity contribution >= 4 is 22.7 Å². The van der Waals surface area contributed by atoms with Gasteiger partial charge in [-0.2, -0.15) is 5.10 Å². The van der Waals surface area contributed by atoms with E-state index in [9.17, 15) is 0 Å². The number of aryl methyl sites for hydroxylation is 1. The van der Waals surface area contributed by atoms with Crippen LogP contribution in [0.15, 0.2) is 35.5 Å². The molecule has 0 fully saturated rings. The molecule has 0 atom stereocenters. The van der Waals surface area contributed by atoms with E-state index in [-0.39, 0.29) is 0 Å². The summed E-state index contributed by atoms with van der Waals surface area (Å²) >= 11 is 0. The third-order valence-corrected chi connectivity index (χ3v) is 3.20. The molecule has 1 aliphatic heterocycles. The molecule has 17 heavy (non-hydrogen) atoms. The van der Waals surface area contributed by atoms with Crippen molar-refractivity contribution in [3.8, 4) is 0 Å². The van der Waals surface area contributed by atoms with Gasteiger partial charge in [0.05, 0.1) is 18.3 Å². The van der Waals surface area contributed by atoms with E-state index >= 15 is 0 Å². The molecule has 2 heterocycles. The van der Waals surface area contributed by atoms with Crippen molar-refractivity contribution < 1.29 is 0 Å². The van der Waals surface area contributed by atoms with Gasteiger partial charge in [-0.3, -0.25) is 9.67 Å². The lowest BCUT2D eigenvalue weighted by molar-refractivity contribution is 0.684. The quantitative estimate of drug-likeness (QED) is 0.773. The first-order chi connectivity index (χ1) is 8.38. The van der Waals surface area contributed by atoms with Crippen LogP contribution < -0.4 is 0 Å². The van der Waals surface area contributed by atoms with Gasteiger partial charge in [-0.05, 0) is 30.2 Å². The van der Waals surface area contributed by atoms with Crippen molar-refractivity contribution in [2.75, 3.05) is 6.54 Å². The summed E-state index contributed by atoms with van der Waals surface area (Å²) in [5, 5.41) is 5.59. The molecule has 0 bridgehead atoms. The molecule has 0 amide bonds. The van der Waals surface area contributed by atoms with Crippen LogP contribution >= 0.6 is 0 Å². The second kappa shape index (κ2) is 4.17. The van der Waals surface area contributed by atoms with Gasteiger partial charge in [0.25, 0.3) is 0 Å². The summed E-state index contributed by atoms with van der Waals surface area (Å²) in [6, 6.07) is 6.56. The van der Waals surface area contributed by atoms with Gasteiger partial charge in [0, 0.05) is 24.6 Å². The van der Waals surface area contributed by atoms with Gasteiger partial charge in [-0.25, -0.2) is 0 Å². The number of allylic oxidation sites excluding steroid dienone is 1. The number of benzene rings is 1. The number of rotatable bonds is 2. The van der Waals surface area contributed by atoms with Gasteiger partial charge in [0.1, 0.15) is 0 Å². The van der Waals surface area contributed by atoms with E-state index in [0.717, 1.165) is 19.5 Å². The van der Waals surface area contributed by atoms with E-state index in [4.69, 9.17) is 0 Å². The molecule has 0 aliphatic carbocycles. The van der Waals surface area contributed by atoms with E-state index in [2.05, 4.69) is 41.3 Å². The molecule has 3 nitrogen and oxygen atoms in total. The molecule has 0 unspecified atom stereocenters. The molecule has 2 aromatic rings. The standard InChI is InChI=1S/C14H15N3/c1-2-17-14-4-3-12(9-13(14)10-16-17)11-5-7-15-8-6-11/h3-5,8-10H,2,6-7H2,1H3. The molecular weight excluding hydrogens is 210 g/mol. The van der Waals surface area contributed by atoms with Crippen LogP contribution in [0.4, 0.5) is 0 Å². The van der Waals surface area contributed by atoms with Crippen LogP contribution in [0.25, 0.3) is 16.5 Å². The second-order valence-electron chi connectivity index (χ2n) is 4.22. The Morgan fingerprint density at radius 1 is 1.35 bits per heavy atom. The molecule has 1 aliphatic rings. The number of nitrogens with zero attached hydrogens (tertiary/aromatic N) is 3. The number of hydrogen-bond acceptors (Lipinski definition) is 2. The van der Waals surface area contributed by atoms with Crippen molar-refractivity contribution in [3.63, 3.8) is 0 Å². The van der Waals surface area contributed by atoms with E-state index < -0.39 is 0 Å². The summed E-state index contributed by atoms with van der Waals surface area (Å²) in [4.78, 5) is 4.21. The molecule has 3 rings (SSSR count). The smallest absolute Gasteiger partial charge is 0.0682 e. The van der Waals surface area contributed by atoms with Crippen molar-refractivity contribution in [1.29, 1.82) is 0 Å². The van der Waals surface area contributed by atoms with E-state index in [1.165, 1.54) is 22.0 Å². The Morgan fingerprint density at radius 2 is 2.29 bits per heavy atom. The van der Waals surface area contributed by atoms with Crippen LogP contribution in [0.2, 0.25) is 0 Å². The largest absolute Gasteiger partial charge is 0.293 e. The maximum absolute atomic E-state index is 4.37. The van der Waals surface area contributed by atoms with E-state index in [1.807, 2.05) is 17.1 Å². The lowest BCUT2D eigenvalue weighted by Gasteiger charge is -2.08.